The van der Waals surface area contributed by atoms with Crippen LogP contribution < -0.4 is 10.0 Å². The molecule has 2 N–H and O–H groups in total. The number of likely N-dealkylation sites (tertiary alicyclic amines) is 1. The molecule has 11 heteroatoms. The average molecular weight is 574 g/mol. The van der Waals surface area contributed by atoms with Crippen molar-refractivity contribution >= 4 is 33.6 Å². The van der Waals surface area contributed by atoms with Crippen molar-refractivity contribution in [2.24, 2.45) is 11.8 Å². The van der Waals surface area contributed by atoms with Crippen molar-refractivity contribution in [3.8, 4) is 0 Å². The number of carbonyl (C=O) groups is 3. The summed E-state index contributed by atoms with van der Waals surface area (Å²) >= 11 is 0. The van der Waals surface area contributed by atoms with Crippen molar-refractivity contribution in [2.75, 3.05) is 11.9 Å². The fourth-order valence-corrected chi connectivity index (χ4v) is 6.61. The van der Waals surface area contributed by atoms with Gasteiger partial charge in [-0.2, -0.15) is 0 Å². The van der Waals surface area contributed by atoms with Crippen LogP contribution in [-0.4, -0.2) is 49.4 Å². The number of sulfonamides is 1. The van der Waals surface area contributed by atoms with Crippen molar-refractivity contribution < 1.29 is 31.9 Å². The summed E-state index contributed by atoms with van der Waals surface area (Å²) in [6, 6.07) is 9.74. The fourth-order valence-electron chi connectivity index (χ4n) is 5.55. The van der Waals surface area contributed by atoms with E-state index in [0.717, 1.165) is 44.2 Å². The lowest BCUT2D eigenvalue weighted by Gasteiger charge is -2.34. The molecule has 1 saturated carbocycles. The van der Waals surface area contributed by atoms with Gasteiger partial charge in [-0.25, -0.2) is 22.3 Å². The van der Waals surface area contributed by atoms with Crippen LogP contribution in [0.3, 0.4) is 0 Å². The zero-order chi connectivity index (χ0) is 29.1. The number of amides is 3. The Morgan fingerprint density at radius 1 is 0.950 bits per heavy atom. The van der Waals surface area contributed by atoms with Crippen LogP contribution in [0.4, 0.5) is 14.9 Å². The van der Waals surface area contributed by atoms with Gasteiger partial charge in [0, 0.05) is 17.8 Å². The van der Waals surface area contributed by atoms with Gasteiger partial charge in [-0.3, -0.25) is 14.5 Å². The molecule has 0 aromatic heterocycles. The predicted molar refractivity (Wildman–Crippen MR) is 148 cm³/mol. The Balaban J connectivity index is 1.47. The number of ether oxygens (including phenoxy) is 1. The zero-order valence-electron chi connectivity index (χ0n) is 23.0. The van der Waals surface area contributed by atoms with E-state index < -0.39 is 44.4 Å². The van der Waals surface area contributed by atoms with E-state index in [2.05, 4.69) is 5.32 Å². The van der Waals surface area contributed by atoms with E-state index in [-0.39, 0.29) is 17.4 Å². The summed E-state index contributed by atoms with van der Waals surface area (Å²) < 4.78 is 46.3. The number of halogens is 1. The molecule has 1 heterocycles. The third-order valence-corrected chi connectivity index (χ3v) is 8.73. The maximum atomic E-state index is 13.9. The Labute approximate surface area is 234 Å². The number of anilines is 1. The van der Waals surface area contributed by atoms with Crippen molar-refractivity contribution in [1.29, 1.82) is 0 Å². The van der Waals surface area contributed by atoms with Gasteiger partial charge in [0.15, 0.2) is 0 Å². The first-order valence-corrected chi connectivity index (χ1v) is 15.1. The predicted octanol–water partition coefficient (Wildman–Crippen LogP) is 5.09. The molecule has 2 aromatic carbocycles. The molecule has 0 unspecified atom stereocenters. The Bertz CT molecular complexity index is 1350. The minimum atomic E-state index is -4.42. The number of nitrogens with one attached hydrogen (secondary N) is 2. The summed E-state index contributed by atoms with van der Waals surface area (Å²) in [5.74, 6) is -1.88. The largest absolute Gasteiger partial charge is 0.444 e. The molecule has 2 aromatic rings. The molecule has 3 amide bonds. The Hall–Kier alpha value is -3.47. The van der Waals surface area contributed by atoms with Gasteiger partial charge in [0.05, 0.1) is 0 Å². The molecule has 4 rings (SSSR count). The molecule has 1 aliphatic heterocycles. The molecule has 9 nitrogen and oxygen atoms in total. The highest BCUT2D eigenvalue weighted by Crippen LogP contribution is 2.39. The maximum absolute atomic E-state index is 13.9. The average Bonchev–Trinajstić information content (AvgIpc) is 3.34. The highest BCUT2D eigenvalue weighted by Gasteiger charge is 2.46. The van der Waals surface area contributed by atoms with E-state index in [1.807, 2.05) is 4.72 Å². The molecule has 2 atom stereocenters. The van der Waals surface area contributed by atoms with Gasteiger partial charge in [-0.05, 0) is 75.4 Å². The lowest BCUT2D eigenvalue weighted by atomic mass is 9.76. The van der Waals surface area contributed by atoms with Crippen LogP contribution in [0.2, 0.25) is 0 Å². The molecule has 216 valence electrons. The van der Waals surface area contributed by atoms with Crippen molar-refractivity contribution in [2.45, 2.75) is 75.8 Å². The second kappa shape index (κ2) is 12.0. The Kier molecular flexibility index (Phi) is 8.82. The van der Waals surface area contributed by atoms with Crippen LogP contribution in [0.15, 0.2) is 53.4 Å². The standard InChI is InChI=1S/C29H36FN3O6S/c1-29(2,3)39-28(36)33-18-17-22(19-9-5-4-6-10-19)25(33)27(35)31-21-15-13-20(14-16-21)26(34)32-40(37,38)24-12-8-7-11-23(24)30/h7-8,11-16,19,22,25H,4-6,9-10,17-18H2,1-3H3,(H,31,35)(H,32,34)/t22-,25-/m0/s1. The second-order valence-corrected chi connectivity index (χ2v) is 13.1. The molecule has 2 aliphatic rings. The van der Waals surface area contributed by atoms with Crippen molar-refractivity contribution in [3.05, 3.63) is 59.9 Å². The number of nitrogens with zero attached hydrogens (tertiary/aromatic N) is 1. The van der Waals surface area contributed by atoms with Crippen LogP contribution in [0, 0.1) is 17.7 Å². The second-order valence-electron chi connectivity index (χ2n) is 11.4. The molecule has 40 heavy (non-hydrogen) atoms. The molecular formula is C29H36FN3O6S. The van der Waals surface area contributed by atoms with Gasteiger partial charge in [0.25, 0.3) is 15.9 Å². The van der Waals surface area contributed by atoms with Crippen molar-refractivity contribution in [3.63, 3.8) is 0 Å². The summed E-state index contributed by atoms with van der Waals surface area (Å²) in [7, 11) is -4.42. The normalized spacial score (nSPS) is 20.1. The van der Waals surface area contributed by atoms with E-state index in [1.54, 1.807) is 20.8 Å². The number of rotatable bonds is 6. The highest BCUT2D eigenvalue weighted by atomic mass is 32.2. The summed E-state index contributed by atoms with van der Waals surface area (Å²) in [6.45, 7) is 5.79. The monoisotopic (exact) mass is 573 g/mol. The summed E-state index contributed by atoms with van der Waals surface area (Å²) in [5.41, 5.74) is -0.303. The first-order chi connectivity index (χ1) is 18.9. The molecule has 1 saturated heterocycles. The minimum Gasteiger partial charge on any atom is -0.444 e. The van der Waals surface area contributed by atoms with E-state index in [0.29, 0.717) is 18.2 Å². The van der Waals surface area contributed by atoms with E-state index in [9.17, 15) is 27.2 Å². The number of benzene rings is 2. The van der Waals surface area contributed by atoms with Crippen LogP contribution in [0.5, 0.6) is 0 Å². The molecule has 1 aliphatic carbocycles. The lowest BCUT2D eigenvalue weighted by Crippen LogP contribution is -2.49. The van der Waals surface area contributed by atoms with Gasteiger partial charge in [0.1, 0.15) is 22.4 Å². The molecular weight excluding hydrogens is 537 g/mol. The zero-order valence-corrected chi connectivity index (χ0v) is 23.8. The third kappa shape index (κ3) is 6.99. The van der Waals surface area contributed by atoms with Gasteiger partial charge < -0.3 is 10.1 Å². The smallest absolute Gasteiger partial charge is 0.410 e. The summed E-state index contributed by atoms with van der Waals surface area (Å²) in [4.78, 5) is 40.1. The summed E-state index contributed by atoms with van der Waals surface area (Å²) in [6.07, 6.45) is 5.64. The first kappa shape index (κ1) is 29.5. The van der Waals surface area contributed by atoms with E-state index >= 15 is 0 Å². The molecule has 2 fully saturated rings. The summed E-state index contributed by atoms with van der Waals surface area (Å²) in [5, 5.41) is 2.86. The van der Waals surface area contributed by atoms with Crippen LogP contribution >= 0.6 is 0 Å². The van der Waals surface area contributed by atoms with Gasteiger partial charge in [0.2, 0.25) is 5.91 Å². The Morgan fingerprint density at radius 3 is 2.23 bits per heavy atom. The topological polar surface area (TPSA) is 122 Å². The van der Waals surface area contributed by atoms with Crippen LogP contribution in [-0.2, 0) is 19.6 Å². The number of hydrogen-bond donors (Lipinski definition) is 2. The molecule has 0 radical (unpaired) electrons. The Morgan fingerprint density at radius 2 is 1.60 bits per heavy atom. The lowest BCUT2D eigenvalue weighted by molar-refractivity contribution is -0.122. The fraction of sp³-hybridized carbons (Fsp3) is 0.483. The van der Waals surface area contributed by atoms with Crippen LogP contribution in [0.25, 0.3) is 0 Å². The van der Waals surface area contributed by atoms with Gasteiger partial charge in [-0.15, -0.1) is 0 Å². The number of carbonyl (C=O) groups excluding carboxylic acids is 3. The maximum Gasteiger partial charge on any atom is 0.410 e. The van der Waals surface area contributed by atoms with Crippen molar-refractivity contribution in [1.82, 2.24) is 9.62 Å². The van der Waals surface area contributed by atoms with E-state index in [4.69, 9.17) is 4.74 Å². The first-order valence-electron chi connectivity index (χ1n) is 13.6. The molecule has 0 spiro atoms. The SMILES string of the molecule is CC(C)(C)OC(=O)N1CC[C@@H](C2CCCCC2)[C@H]1C(=O)Nc1ccc(C(=O)NS(=O)(=O)c2ccccc2F)cc1. The van der Waals surface area contributed by atoms with Crippen LogP contribution in [0.1, 0.15) is 69.7 Å². The van der Waals surface area contributed by atoms with Gasteiger partial charge >= 0.3 is 6.09 Å². The minimum absolute atomic E-state index is 0.00856. The van der Waals surface area contributed by atoms with E-state index in [1.165, 1.54) is 47.7 Å². The third-order valence-electron chi connectivity index (χ3n) is 7.36. The highest BCUT2D eigenvalue weighted by molar-refractivity contribution is 7.90. The quantitative estimate of drug-likeness (QED) is 0.497. The molecule has 0 bridgehead atoms. The van der Waals surface area contributed by atoms with Gasteiger partial charge in [-0.1, -0.05) is 44.2 Å². The number of hydrogen-bond acceptors (Lipinski definition) is 6.